The molecule has 3 aromatic heterocycles. The Morgan fingerprint density at radius 2 is 1.89 bits per heavy atom. The first kappa shape index (κ1) is 29.3. The molecule has 1 N–H and O–H groups in total. The smallest absolute Gasteiger partial charge is 0.276 e. The summed E-state index contributed by atoms with van der Waals surface area (Å²) in [4.78, 5) is 44.8. The molecule has 7 rings (SSSR count). The van der Waals surface area contributed by atoms with E-state index >= 15 is 0 Å². The van der Waals surface area contributed by atoms with Gasteiger partial charge >= 0.3 is 0 Å². The van der Waals surface area contributed by atoms with Crippen molar-refractivity contribution in [2.24, 2.45) is 11.8 Å². The van der Waals surface area contributed by atoms with Gasteiger partial charge in [0.15, 0.2) is 11.5 Å². The van der Waals surface area contributed by atoms with Gasteiger partial charge in [0.2, 0.25) is 11.9 Å². The van der Waals surface area contributed by atoms with Crippen LogP contribution in [0.2, 0.25) is 5.02 Å². The van der Waals surface area contributed by atoms with Gasteiger partial charge in [0.1, 0.15) is 0 Å². The maximum absolute atomic E-state index is 15.0. The summed E-state index contributed by atoms with van der Waals surface area (Å²) < 4.78 is 49.8. The van der Waals surface area contributed by atoms with Crippen molar-refractivity contribution in [3.8, 4) is 11.3 Å². The van der Waals surface area contributed by atoms with E-state index in [1.165, 1.54) is 6.20 Å². The highest BCUT2D eigenvalue weighted by molar-refractivity contribution is 6.31. The fraction of sp³-hybridized carbons (Fsp3) is 0.367. The first-order valence-electron chi connectivity index (χ1n) is 14.4. The van der Waals surface area contributed by atoms with Gasteiger partial charge in [-0.15, -0.1) is 0 Å². The number of ether oxygens (including phenoxy) is 1. The first-order valence-corrected chi connectivity index (χ1v) is 14.8. The summed E-state index contributed by atoms with van der Waals surface area (Å²) in [6, 6.07) is 2.05. The van der Waals surface area contributed by atoms with Gasteiger partial charge in [-0.2, -0.15) is 5.10 Å². The van der Waals surface area contributed by atoms with E-state index in [0.29, 0.717) is 24.1 Å². The molecule has 0 bridgehead atoms. The van der Waals surface area contributed by atoms with Crippen molar-refractivity contribution < 1.29 is 27.5 Å². The van der Waals surface area contributed by atoms with E-state index in [9.17, 15) is 22.8 Å². The Balaban J connectivity index is 1.09. The number of rotatable bonds is 10. The van der Waals surface area contributed by atoms with Crippen LogP contribution in [0.5, 0.6) is 0 Å². The average Bonchev–Trinajstić information content (AvgIpc) is 3.69. The molecule has 2 aliphatic carbocycles. The van der Waals surface area contributed by atoms with Crippen molar-refractivity contribution >= 4 is 35.1 Å². The molecular formula is C30H26ClF3N8O3. The third-order valence-corrected chi connectivity index (χ3v) is 8.54. The van der Waals surface area contributed by atoms with Gasteiger partial charge in [0, 0.05) is 47.7 Å². The van der Waals surface area contributed by atoms with E-state index < -0.39 is 29.3 Å². The van der Waals surface area contributed by atoms with E-state index in [4.69, 9.17) is 16.3 Å². The maximum atomic E-state index is 15.0. The van der Waals surface area contributed by atoms with Crippen LogP contribution in [-0.2, 0) is 22.7 Å². The number of nitrogens with zero attached hydrogens (tertiary/aromatic N) is 7. The Labute approximate surface area is 259 Å². The lowest BCUT2D eigenvalue weighted by Crippen LogP contribution is -2.29. The van der Waals surface area contributed by atoms with Gasteiger partial charge in [-0.25, -0.2) is 28.1 Å². The van der Waals surface area contributed by atoms with Gasteiger partial charge in [0.05, 0.1) is 53.7 Å². The standard InChI is InChI=1S/C30H26ClF3N8O3/c31-21-6-5-20(27(33)34)24(25(21)32)22-10-35-23(14-45-18-2-3-18)26(40-22)28(43)39-17-9-38-41(13-17)11-15-7-36-30(37-8-15)42-12-16-1-4-19(16)29(42)44/h5-10,13,16,18-19,27H,1-4,11-12,14H2,(H,39,43)/t16-,19-/m1/s1. The SMILES string of the molecule is O=C(Nc1cnn(Cc2cnc(N3C[C@H]4CC[C@H]4C3=O)nc2)c1)c1nc(-c2c(C(F)F)ccc(Cl)c2F)cnc1COC1CC1. The van der Waals surface area contributed by atoms with Gasteiger partial charge < -0.3 is 10.1 Å². The number of aromatic nitrogens is 6. The monoisotopic (exact) mass is 638 g/mol. The summed E-state index contributed by atoms with van der Waals surface area (Å²) in [5.41, 5.74) is -0.432. The van der Waals surface area contributed by atoms with E-state index in [-0.39, 0.29) is 53.2 Å². The normalized spacial score (nSPS) is 19.1. The van der Waals surface area contributed by atoms with Crippen LogP contribution in [0.4, 0.5) is 24.8 Å². The fourth-order valence-corrected chi connectivity index (χ4v) is 5.70. The van der Waals surface area contributed by atoms with Crippen LogP contribution >= 0.6 is 11.6 Å². The Bertz CT molecular complexity index is 1780. The van der Waals surface area contributed by atoms with Crippen molar-refractivity contribution in [3.63, 3.8) is 0 Å². The number of halogens is 4. The van der Waals surface area contributed by atoms with Crippen molar-refractivity contribution in [2.75, 3.05) is 16.8 Å². The number of anilines is 2. The summed E-state index contributed by atoms with van der Waals surface area (Å²) >= 11 is 5.89. The van der Waals surface area contributed by atoms with Crippen LogP contribution in [0.15, 0.2) is 43.1 Å². The zero-order valence-electron chi connectivity index (χ0n) is 23.7. The van der Waals surface area contributed by atoms with Gasteiger partial charge in [0.25, 0.3) is 12.3 Å². The molecule has 3 aliphatic rings. The Morgan fingerprint density at radius 1 is 1.09 bits per heavy atom. The van der Waals surface area contributed by atoms with E-state index in [1.807, 2.05) is 0 Å². The minimum absolute atomic E-state index is 0.0416. The molecule has 2 atom stereocenters. The zero-order chi connectivity index (χ0) is 31.2. The maximum Gasteiger partial charge on any atom is 0.276 e. The topological polar surface area (TPSA) is 128 Å². The van der Waals surface area contributed by atoms with Crippen LogP contribution in [0.1, 0.15) is 59.4 Å². The molecule has 3 fully saturated rings. The second-order valence-electron chi connectivity index (χ2n) is 11.4. The Morgan fingerprint density at radius 3 is 2.56 bits per heavy atom. The van der Waals surface area contributed by atoms with Crippen LogP contribution in [-0.4, -0.2) is 54.2 Å². The highest BCUT2D eigenvalue weighted by Crippen LogP contribution is 2.42. The second kappa shape index (κ2) is 11.8. The summed E-state index contributed by atoms with van der Waals surface area (Å²) in [7, 11) is 0. The fourth-order valence-electron chi connectivity index (χ4n) is 5.54. The lowest BCUT2D eigenvalue weighted by molar-refractivity contribution is -0.123. The van der Waals surface area contributed by atoms with Crippen LogP contribution in [0, 0.1) is 17.7 Å². The molecule has 232 valence electrons. The van der Waals surface area contributed by atoms with Crippen LogP contribution < -0.4 is 10.2 Å². The second-order valence-corrected chi connectivity index (χ2v) is 11.8. The van der Waals surface area contributed by atoms with Crippen molar-refractivity contribution in [1.82, 2.24) is 29.7 Å². The van der Waals surface area contributed by atoms with Gasteiger partial charge in [-0.05, 0) is 37.7 Å². The molecule has 4 aromatic rings. The first-order chi connectivity index (χ1) is 21.7. The molecule has 1 aromatic carbocycles. The minimum atomic E-state index is -3.02. The number of nitrogens with one attached hydrogen (secondary N) is 1. The number of benzene rings is 1. The molecule has 0 unspecified atom stereocenters. The lowest BCUT2D eigenvalue weighted by Gasteiger charge is -2.25. The Hall–Kier alpha value is -4.43. The number of carbonyl (C=O) groups is 2. The molecule has 15 heteroatoms. The van der Waals surface area contributed by atoms with Crippen LogP contribution in [0.25, 0.3) is 11.3 Å². The van der Waals surface area contributed by atoms with Gasteiger partial charge in [-0.3, -0.25) is 24.2 Å². The number of carbonyl (C=O) groups excluding carboxylic acids is 2. The summed E-state index contributed by atoms with van der Waals surface area (Å²) in [6.45, 7) is 0.893. The predicted octanol–water partition coefficient (Wildman–Crippen LogP) is 5.21. The molecule has 0 radical (unpaired) electrons. The highest BCUT2D eigenvalue weighted by atomic mass is 35.5. The molecule has 45 heavy (non-hydrogen) atoms. The highest BCUT2D eigenvalue weighted by Gasteiger charge is 2.47. The van der Waals surface area contributed by atoms with E-state index in [2.05, 4.69) is 30.4 Å². The third-order valence-electron chi connectivity index (χ3n) is 8.25. The summed E-state index contributed by atoms with van der Waals surface area (Å²) in [6.07, 6.45) is 8.14. The van der Waals surface area contributed by atoms with Gasteiger partial charge in [-0.1, -0.05) is 17.7 Å². The molecule has 1 saturated heterocycles. The zero-order valence-corrected chi connectivity index (χ0v) is 24.4. The van der Waals surface area contributed by atoms with Crippen molar-refractivity contribution in [3.05, 3.63) is 76.5 Å². The van der Waals surface area contributed by atoms with Crippen molar-refractivity contribution in [2.45, 2.75) is 51.4 Å². The molecule has 0 spiro atoms. The molecule has 4 heterocycles. The minimum Gasteiger partial charge on any atom is -0.372 e. The number of alkyl halides is 2. The predicted molar refractivity (Wildman–Crippen MR) is 155 cm³/mol. The number of hydrogen-bond acceptors (Lipinski definition) is 8. The number of hydrogen-bond donors (Lipinski definition) is 1. The number of fused-ring (bicyclic) bond motifs is 1. The van der Waals surface area contributed by atoms with E-state index in [0.717, 1.165) is 49.6 Å². The Kier molecular flexibility index (Phi) is 7.69. The quantitative estimate of drug-likeness (QED) is 0.251. The molecule has 2 saturated carbocycles. The summed E-state index contributed by atoms with van der Waals surface area (Å²) in [5.74, 6) is -0.854. The van der Waals surface area contributed by atoms with E-state index in [1.54, 1.807) is 28.2 Å². The average molecular weight is 639 g/mol. The third kappa shape index (κ3) is 5.87. The lowest BCUT2D eigenvalue weighted by atomic mass is 9.76. The van der Waals surface area contributed by atoms with Crippen molar-refractivity contribution in [1.29, 1.82) is 0 Å². The summed E-state index contributed by atoms with van der Waals surface area (Å²) in [5, 5.41) is 6.60. The largest absolute Gasteiger partial charge is 0.372 e. The molecule has 11 nitrogen and oxygen atoms in total. The van der Waals surface area contributed by atoms with Crippen LogP contribution in [0.3, 0.4) is 0 Å². The molecule has 1 aliphatic heterocycles. The number of amides is 2. The molecular weight excluding hydrogens is 613 g/mol. The molecule has 2 amide bonds.